The number of aromatic nitrogens is 2. The summed E-state index contributed by atoms with van der Waals surface area (Å²) in [5.41, 5.74) is 8.29. The lowest BCUT2D eigenvalue weighted by Gasteiger charge is -2.36. The standard InChI is InChI=1S/C17H21N5OS/c18-17-19-13-5-2-1-4-12(13)15(20-17)21-7-9-22(10-8-21)16(23)14-6-3-11-24-14/h3,6,11H,1-2,4-5,7-10H2,(H2,18,19,20). The van der Waals surface area contributed by atoms with Gasteiger partial charge in [-0.05, 0) is 37.1 Å². The largest absolute Gasteiger partial charge is 0.368 e. The number of hydrogen-bond donors (Lipinski definition) is 1. The Kier molecular flexibility index (Phi) is 4.10. The maximum Gasteiger partial charge on any atom is 0.264 e. The number of anilines is 2. The zero-order valence-electron chi connectivity index (χ0n) is 13.6. The minimum atomic E-state index is 0.133. The molecule has 1 amide bonds. The van der Waals surface area contributed by atoms with Crippen molar-refractivity contribution in [2.45, 2.75) is 25.7 Å². The SMILES string of the molecule is Nc1nc2c(c(N3CCN(C(=O)c4cccs4)CC3)n1)CCCC2. The number of carbonyl (C=O) groups is 1. The molecule has 1 fully saturated rings. The predicted molar refractivity (Wildman–Crippen MR) is 95.5 cm³/mol. The third-order valence-electron chi connectivity index (χ3n) is 4.78. The highest BCUT2D eigenvalue weighted by atomic mass is 32.1. The summed E-state index contributed by atoms with van der Waals surface area (Å²) in [7, 11) is 0. The van der Waals surface area contributed by atoms with Gasteiger partial charge in [-0.25, -0.2) is 4.98 Å². The van der Waals surface area contributed by atoms with Crippen LogP contribution in [0.5, 0.6) is 0 Å². The lowest BCUT2D eigenvalue weighted by atomic mass is 9.96. The van der Waals surface area contributed by atoms with Gasteiger partial charge in [0.25, 0.3) is 5.91 Å². The number of rotatable bonds is 2. The average molecular weight is 343 g/mol. The van der Waals surface area contributed by atoms with E-state index in [1.807, 2.05) is 22.4 Å². The molecule has 0 unspecified atom stereocenters. The van der Waals surface area contributed by atoms with Crippen molar-refractivity contribution in [1.82, 2.24) is 14.9 Å². The van der Waals surface area contributed by atoms with Gasteiger partial charge < -0.3 is 15.5 Å². The molecular formula is C17H21N5OS. The van der Waals surface area contributed by atoms with Crippen LogP contribution in [0.3, 0.4) is 0 Å². The summed E-state index contributed by atoms with van der Waals surface area (Å²) in [6.45, 7) is 3.02. The summed E-state index contributed by atoms with van der Waals surface area (Å²) in [5, 5.41) is 1.94. The molecule has 2 aliphatic rings. The summed E-state index contributed by atoms with van der Waals surface area (Å²) in [6, 6.07) is 3.81. The molecule has 7 heteroatoms. The van der Waals surface area contributed by atoms with Crippen molar-refractivity contribution in [2.75, 3.05) is 36.8 Å². The minimum absolute atomic E-state index is 0.133. The van der Waals surface area contributed by atoms with Gasteiger partial charge in [0.15, 0.2) is 0 Å². The molecule has 1 aliphatic carbocycles. The number of piperazine rings is 1. The van der Waals surface area contributed by atoms with E-state index in [1.165, 1.54) is 29.7 Å². The Balaban J connectivity index is 1.50. The Hall–Kier alpha value is -2.15. The van der Waals surface area contributed by atoms with Crippen LogP contribution in [-0.2, 0) is 12.8 Å². The fraction of sp³-hybridized carbons (Fsp3) is 0.471. The Morgan fingerprint density at radius 1 is 1.12 bits per heavy atom. The molecule has 1 saturated heterocycles. The van der Waals surface area contributed by atoms with Crippen molar-refractivity contribution in [2.24, 2.45) is 0 Å². The Labute approximate surface area is 145 Å². The highest BCUT2D eigenvalue weighted by Crippen LogP contribution is 2.29. The molecule has 0 saturated carbocycles. The highest BCUT2D eigenvalue weighted by molar-refractivity contribution is 7.12. The predicted octanol–water partition coefficient (Wildman–Crippen LogP) is 1.96. The quantitative estimate of drug-likeness (QED) is 0.902. The van der Waals surface area contributed by atoms with E-state index in [0.717, 1.165) is 55.4 Å². The topological polar surface area (TPSA) is 75.3 Å². The fourth-order valence-electron chi connectivity index (χ4n) is 3.53. The third kappa shape index (κ3) is 2.84. The number of fused-ring (bicyclic) bond motifs is 1. The number of aryl methyl sites for hydroxylation is 1. The molecule has 0 bridgehead atoms. The van der Waals surface area contributed by atoms with Crippen molar-refractivity contribution in [3.05, 3.63) is 33.6 Å². The number of nitrogens with zero attached hydrogens (tertiary/aromatic N) is 4. The van der Waals surface area contributed by atoms with Gasteiger partial charge in [0.2, 0.25) is 5.95 Å². The number of carbonyl (C=O) groups excluding carboxylic acids is 1. The van der Waals surface area contributed by atoms with E-state index in [4.69, 9.17) is 5.73 Å². The number of nitrogens with two attached hydrogens (primary N) is 1. The summed E-state index contributed by atoms with van der Waals surface area (Å²) in [4.78, 5) is 26.4. The maximum atomic E-state index is 12.5. The van der Waals surface area contributed by atoms with Crippen LogP contribution >= 0.6 is 11.3 Å². The van der Waals surface area contributed by atoms with Crippen molar-refractivity contribution >= 4 is 29.0 Å². The zero-order chi connectivity index (χ0) is 16.5. The Morgan fingerprint density at radius 3 is 2.67 bits per heavy atom. The molecule has 6 nitrogen and oxygen atoms in total. The van der Waals surface area contributed by atoms with Crippen molar-refractivity contribution in [3.63, 3.8) is 0 Å². The second-order valence-electron chi connectivity index (χ2n) is 6.29. The number of hydrogen-bond acceptors (Lipinski definition) is 6. The first-order chi connectivity index (χ1) is 11.7. The van der Waals surface area contributed by atoms with E-state index in [1.54, 1.807) is 0 Å². The molecule has 0 atom stereocenters. The van der Waals surface area contributed by atoms with Gasteiger partial charge in [0.1, 0.15) is 5.82 Å². The Morgan fingerprint density at radius 2 is 1.92 bits per heavy atom. The van der Waals surface area contributed by atoms with E-state index >= 15 is 0 Å². The lowest BCUT2D eigenvalue weighted by molar-refractivity contribution is 0.0751. The van der Waals surface area contributed by atoms with Crippen molar-refractivity contribution < 1.29 is 4.79 Å². The first-order valence-corrected chi connectivity index (χ1v) is 9.33. The highest BCUT2D eigenvalue weighted by Gasteiger charge is 2.26. The van der Waals surface area contributed by atoms with E-state index in [9.17, 15) is 4.79 Å². The molecule has 2 aromatic heterocycles. The summed E-state index contributed by atoms with van der Waals surface area (Å²) >= 11 is 1.50. The molecular weight excluding hydrogens is 322 g/mol. The molecule has 0 spiro atoms. The fourth-order valence-corrected chi connectivity index (χ4v) is 4.22. The molecule has 0 aromatic carbocycles. The second kappa shape index (κ2) is 6.39. The van der Waals surface area contributed by atoms with Crippen LogP contribution in [0, 0.1) is 0 Å². The summed E-state index contributed by atoms with van der Waals surface area (Å²) in [6.07, 6.45) is 4.38. The number of thiophene rings is 1. The van der Waals surface area contributed by atoms with Gasteiger partial charge >= 0.3 is 0 Å². The molecule has 126 valence electrons. The van der Waals surface area contributed by atoms with Crippen LogP contribution in [0.4, 0.5) is 11.8 Å². The zero-order valence-corrected chi connectivity index (χ0v) is 14.4. The van der Waals surface area contributed by atoms with Gasteiger partial charge in [-0.1, -0.05) is 6.07 Å². The summed E-state index contributed by atoms with van der Waals surface area (Å²) in [5.74, 6) is 1.48. The lowest BCUT2D eigenvalue weighted by Crippen LogP contribution is -2.49. The van der Waals surface area contributed by atoms with Crippen LogP contribution in [0.2, 0.25) is 0 Å². The van der Waals surface area contributed by atoms with Gasteiger partial charge in [-0.3, -0.25) is 4.79 Å². The normalized spacial score (nSPS) is 17.7. The van der Waals surface area contributed by atoms with Gasteiger partial charge in [0, 0.05) is 31.7 Å². The van der Waals surface area contributed by atoms with Crippen LogP contribution < -0.4 is 10.6 Å². The Bertz CT molecular complexity index is 738. The molecule has 3 heterocycles. The van der Waals surface area contributed by atoms with E-state index in [2.05, 4.69) is 14.9 Å². The number of amides is 1. The number of nitrogen functional groups attached to an aromatic ring is 1. The van der Waals surface area contributed by atoms with Gasteiger partial charge in [0.05, 0.1) is 10.6 Å². The smallest absolute Gasteiger partial charge is 0.264 e. The maximum absolute atomic E-state index is 12.5. The third-order valence-corrected chi connectivity index (χ3v) is 5.63. The molecule has 2 N–H and O–H groups in total. The first kappa shape index (κ1) is 15.4. The van der Waals surface area contributed by atoms with Gasteiger partial charge in [-0.2, -0.15) is 4.98 Å². The summed E-state index contributed by atoms with van der Waals surface area (Å²) < 4.78 is 0. The second-order valence-corrected chi connectivity index (χ2v) is 7.24. The van der Waals surface area contributed by atoms with Crippen LogP contribution in [0.25, 0.3) is 0 Å². The minimum Gasteiger partial charge on any atom is -0.368 e. The van der Waals surface area contributed by atoms with Gasteiger partial charge in [-0.15, -0.1) is 11.3 Å². The molecule has 2 aromatic rings. The molecule has 1 aliphatic heterocycles. The van der Waals surface area contributed by atoms with Crippen LogP contribution in [0.1, 0.15) is 33.8 Å². The van der Waals surface area contributed by atoms with Crippen molar-refractivity contribution in [1.29, 1.82) is 0 Å². The van der Waals surface area contributed by atoms with E-state index in [0.29, 0.717) is 5.95 Å². The van der Waals surface area contributed by atoms with E-state index in [-0.39, 0.29) is 5.91 Å². The van der Waals surface area contributed by atoms with Crippen molar-refractivity contribution in [3.8, 4) is 0 Å². The molecule has 24 heavy (non-hydrogen) atoms. The van der Waals surface area contributed by atoms with Crippen LogP contribution in [0.15, 0.2) is 17.5 Å². The molecule has 4 rings (SSSR count). The van der Waals surface area contributed by atoms with Crippen LogP contribution in [-0.4, -0.2) is 47.0 Å². The average Bonchev–Trinajstić information content (AvgIpc) is 3.15. The monoisotopic (exact) mass is 343 g/mol. The molecule has 0 radical (unpaired) electrons. The van der Waals surface area contributed by atoms with E-state index < -0.39 is 0 Å². The first-order valence-electron chi connectivity index (χ1n) is 8.45.